The zero-order valence-electron chi connectivity index (χ0n) is 15.0. The van der Waals surface area contributed by atoms with Crippen molar-refractivity contribution in [2.45, 2.75) is 13.3 Å². The van der Waals surface area contributed by atoms with Crippen LogP contribution in [0.15, 0.2) is 60.1 Å². The number of para-hydroxylation sites is 2. The Kier molecular flexibility index (Phi) is 4.86. The minimum Gasteiger partial charge on any atom is -0.324 e. The van der Waals surface area contributed by atoms with Crippen molar-refractivity contribution < 1.29 is 9.59 Å². The summed E-state index contributed by atoms with van der Waals surface area (Å²) in [6, 6.07) is 14.4. The molecular formula is C20H17N5O2S. The van der Waals surface area contributed by atoms with E-state index in [-0.39, 0.29) is 11.8 Å². The Morgan fingerprint density at radius 3 is 2.54 bits per heavy atom. The first-order valence-electron chi connectivity index (χ1n) is 8.64. The van der Waals surface area contributed by atoms with E-state index in [1.54, 1.807) is 40.9 Å². The lowest BCUT2D eigenvalue weighted by Gasteiger charge is -2.12. The zero-order valence-corrected chi connectivity index (χ0v) is 15.9. The van der Waals surface area contributed by atoms with Crippen LogP contribution in [0.5, 0.6) is 0 Å². The maximum atomic E-state index is 12.7. The van der Waals surface area contributed by atoms with Crippen molar-refractivity contribution in [1.29, 1.82) is 0 Å². The van der Waals surface area contributed by atoms with Gasteiger partial charge in [0.15, 0.2) is 5.65 Å². The predicted octanol–water partition coefficient (Wildman–Crippen LogP) is 3.53. The third kappa shape index (κ3) is 3.77. The van der Waals surface area contributed by atoms with Gasteiger partial charge in [0.1, 0.15) is 5.82 Å². The van der Waals surface area contributed by atoms with Crippen LogP contribution in [0.4, 0.5) is 11.4 Å². The van der Waals surface area contributed by atoms with E-state index in [0.29, 0.717) is 34.8 Å². The average Bonchev–Trinajstić information content (AvgIpc) is 3.33. The van der Waals surface area contributed by atoms with Crippen LogP contribution in [0, 0.1) is 6.92 Å². The van der Waals surface area contributed by atoms with Gasteiger partial charge in [-0.2, -0.15) is 0 Å². The zero-order chi connectivity index (χ0) is 19.5. The minimum absolute atomic E-state index is 0.134. The van der Waals surface area contributed by atoms with Gasteiger partial charge in [-0.3, -0.25) is 14.0 Å². The topological polar surface area (TPSA) is 88.4 Å². The van der Waals surface area contributed by atoms with Crippen molar-refractivity contribution >= 4 is 40.2 Å². The molecule has 0 spiro atoms. The molecule has 8 heteroatoms. The first-order valence-corrected chi connectivity index (χ1v) is 9.52. The lowest BCUT2D eigenvalue weighted by atomic mass is 10.2. The van der Waals surface area contributed by atoms with Crippen molar-refractivity contribution in [1.82, 2.24) is 14.6 Å². The number of hydrogen-bond acceptors (Lipinski definition) is 5. The Hall–Kier alpha value is -3.52. The molecule has 0 radical (unpaired) electrons. The molecule has 28 heavy (non-hydrogen) atoms. The molecule has 0 fully saturated rings. The van der Waals surface area contributed by atoms with Gasteiger partial charge >= 0.3 is 0 Å². The molecule has 3 heterocycles. The highest BCUT2D eigenvalue weighted by Gasteiger charge is 2.13. The number of amides is 2. The summed E-state index contributed by atoms with van der Waals surface area (Å²) in [6.45, 7) is 1.82. The van der Waals surface area contributed by atoms with Crippen molar-refractivity contribution in [2.75, 3.05) is 10.6 Å². The predicted molar refractivity (Wildman–Crippen MR) is 109 cm³/mol. The molecule has 0 saturated carbocycles. The third-order valence-electron chi connectivity index (χ3n) is 4.20. The Morgan fingerprint density at radius 1 is 1.00 bits per heavy atom. The van der Waals surface area contributed by atoms with E-state index >= 15 is 0 Å². The molecule has 2 amide bonds. The van der Waals surface area contributed by atoms with E-state index in [0.717, 1.165) is 4.88 Å². The summed E-state index contributed by atoms with van der Waals surface area (Å²) in [4.78, 5) is 26.0. The fourth-order valence-electron chi connectivity index (χ4n) is 2.80. The second-order valence-electron chi connectivity index (χ2n) is 6.20. The van der Waals surface area contributed by atoms with E-state index in [1.807, 2.05) is 30.5 Å². The number of benzene rings is 1. The van der Waals surface area contributed by atoms with Gasteiger partial charge < -0.3 is 10.6 Å². The quantitative estimate of drug-likeness (QED) is 0.545. The van der Waals surface area contributed by atoms with Gasteiger partial charge in [0.25, 0.3) is 5.91 Å². The van der Waals surface area contributed by atoms with Crippen molar-refractivity contribution in [3.8, 4) is 0 Å². The monoisotopic (exact) mass is 391 g/mol. The van der Waals surface area contributed by atoms with Crippen LogP contribution < -0.4 is 10.6 Å². The molecule has 0 aliphatic rings. The summed E-state index contributed by atoms with van der Waals surface area (Å²) >= 11 is 1.53. The number of carbonyl (C=O) groups is 2. The molecule has 4 aromatic rings. The first-order chi connectivity index (χ1) is 13.6. The summed E-state index contributed by atoms with van der Waals surface area (Å²) in [5.41, 5.74) is 2.23. The molecule has 0 atom stereocenters. The molecule has 140 valence electrons. The van der Waals surface area contributed by atoms with Crippen molar-refractivity contribution in [3.63, 3.8) is 0 Å². The Bertz CT molecular complexity index is 1150. The van der Waals surface area contributed by atoms with Crippen LogP contribution >= 0.6 is 11.3 Å². The number of nitrogens with zero attached hydrogens (tertiary/aromatic N) is 3. The number of pyridine rings is 1. The number of hydrogen-bond donors (Lipinski definition) is 2. The molecule has 2 N–H and O–H groups in total. The number of aromatic nitrogens is 3. The van der Waals surface area contributed by atoms with Gasteiger partial charge in [-0.15, -0.1) is 21.5 Å². The third-order valence-corrected chi connectivity index (χ3v) is 5.08. The first kappa shape index (κ1) is 17.9. The van der Waals surface area contributed by atoms with Crippen LogP contribution in [0.2, 0.25) is 0 Å². The second kappa shape index (κ2) is 7.61. The maximum absolute atomic E-state index is 12.7. The van der Waals surface area contributed by atoms with Gasteiger partial charge in [0, 0.05) is 11.1 Å². The van der Waals surface area contributed by atoms with Gasteiger partial charge in [-0.05, 0) is 42.6 Å². The Morgan fingerprint density at radius 2 is 1.79 bits per heavy atom. The number of rotatable bonds is 5. The Labute approximate surface area is 165 Å². The highest BCUT2D eigenvalue weighted by atomic mass is 32.1. The minimum atomic E-state index is -0.282. The van der Waals surface area contributed by atoms with Crippen molar-refractivity contribution in [3.05, 3.63) is 76.4 Å². The molecule has 0 aliphatic carbocycles. The molecule has 0 bridgehead atoms. The number of fused-ring (bicyclic) bond motifs is 1. The largest absolute Gasteiger partial charge is 0.324 e. The SMILES string of the molecule is Cc1nnc2ccc(C(=O)Nc3ccccc3NC(=O)Cc3cccs3)cn12. The van der Waals surface area contributed by atoms with Crippen LogP contribution in [0.3, 0.4) is 0 Å². The van der Waals surface area contributed by atoms with Gasteiger partial charge in [-0.1, -0.05) is 18.2 Å². The summed E-state index contributed by atoms with van der Waals surface area (Å²) in [5, 5.41) is 15.7. The summed E-state index contributed by atoms with van der Waals surface area (Å²) in [7, 11) is 0. The molecule has 7 nitrogen and oxygen atoms in total. The number of anilines is 2. The van der Waals surface area contributed by atoms with Crippen LogP contribution in [-0.2, 0) is 11.2 Å². The van der Waals surface area contributed by atoms with Gasteiger partial charge in [0.05, 0.1) is 23.4 Å². The summed E-state index contributed by atoms with van der Waals surface area (Å²) < 4.78 is 1.75. The lowest BCUT2D eigenvalue weighted by molar-refractivity contribution is -0.115. The standard InChI is InChI=1S/C20H17N5O2S/c1-13-23-24-18-9-8-14(12-25(13)18)20(27)22-17-7-3-2-6-16(17)21-19(26)11-15-5-4-10-28-15/h2-10,12H,11H2,1H3,(H,21,26)(H,22,27). The maximum Gasteiger partial charge on any atom is 0.257 e. The van der Waals surface area contributed by atoms with Crippen LogP contribution in [0.25, 0.3) is 5.65 Å². The highest BCUT2D eigenvalue weighted by Crippen LogP contribution is 2.22. The van der Waals surface area contributed by atoms with E-state index in [4.69, 9.17) is 0 Å². The number of carbonyl (C=O) groups excluding carboxylic acids is 2. The second-order valence-corrected chi connectivity index (χ2v) is 7.23. The normalized spacial score (nSPS) is 10.8. The highest BCUT2D eigenvalue weighted by molar-refractivity contribution is 7.10. The molecule has 0 saturated heterocycles. The number of aryl methyl sites for hydroxylation is 1. The van der Waals surface area contributed by atoms with E-state index in [9.17, 15) is 9.59 Å². The fraction of sp³-hybridized carbons (Fsp3) is 0.100. The lowest BCUT2D eigenvalue weighted by Crippen LogP contribution is -2.18. The van der Waals surface area contributed by atoms with E-state index in [1.165, 1.54) is 11.3 Å². The van der Waals surface area contributed by atoms with Gasteiger partial charge in [0.2, 0.25) is 5.91 Å². The molecule has 0 unspecified atom stereocenters. The molecule has 0 aliphatic heterocycles. The molecule has 3 aromatic heterocycles. The molecule has 1 aromatic carbocycles. The summed E-state index contributed by atoms with van der Waals surface area (Å²) in [6.07, 6.45) is 1.99. The summed E-state index contributed by atoms with van der Waals surface area (Å²) in [5.74, 6) is 0.284. The number of nitrogens with one attached hydrogen (secondary N) is 2. The van der Waals surface area contributed by atoms with E-state index < -0.39 is 0 Å². The molecule has 4 rings (SSSR count). The number of thiophene rings is 1. The van der Waals surface area contributed by atoms with Crippen molar-refractivity contribution in [2.24, 2.45) is 0 Å². The van der Waals surface area contributed by atoms with E-state index in [2.05, 4.69) is 20.8 Å². The fourth-order valence-corrected chi connectivity index (χ4v) is 3.50. The smallest absolute Gasteiger partial charge is 0.257 e. The van der Waals surface area contributed by atoms with Crippen LogP contribution in [0.1, 0.15) is 21.1 Å². The Balaban J connectivity index is 1.51. The van der Waals surface area contributed by atoms with Crippen LogP contribution in [-0.4, -0.2) is 26.4 Å². The van der Waals surface area contributed by atoms with Gasteiger partial charge in [-0.25, -0.2) is 0 Å². The molecular weight excluding hydrogens is 374 g/mol. The average molecular weight is 391 g/mol.